The summed E-state index contributed by atoms with van der Waals surface area (Å²) in [5.41, 5.74) is 3.91. The maximum absolute atomic E-state index is 12.5. The molecule has 7 nitrogen and oxygen atoms in total. The molecule has 0 spiro atoms. The Kier molecular flexibility index (Phi) is 5.32. The Morgan fingerprint density at radius 1 is 1.03 bits per heavy atom. The first-order valence-electron chi connectivity index (χ1n) is 9.05. The topological polar surface area (TPSA) is 98.0 Å². The van der Waals surface area contributed by atoms with Crippen molar-refractivity contribution < 1.29 is 9.72 Å². The Morgan fingerprint density at radius 3 is 2.37 bits per heavy atom. The summed E-state index contributed by atoms with van der Waals surface area (Å²) in [4.78, 5) is 32.5. The summed E-state index contributed by atoms with van der Waals surface area (Å²) in [6.45, 7) is 2.01. The minimum atomic E-state index is -0.439. The molecule has 0 saturated heterocycles. The number of hydrogen-bond acceptors (Lipinski definition) is 6. The second-order valence-electron chi connectivity index (χ2n) is 6.56. The number of non-ortho nitro benzene ring substituents is 1. The highest BCUT2D eigenvalue weighted by molar-refractivity contribution is 7.19. The first kappa shape index (κ1) is 19.4. The lowest BCUT2D eigenvalue weighted by atomic mass is 10.1. The number of benzene rings is 2. The summed E-state index contributed by atoms with van der Waals surface area (Å²) >= 11 is 1.35. The molecule has 1 N–H and O–H groups in total. The number of nitrogens with zero attached hydrogens (tertiary/aromatic N) is 3. The van der Waals surface area contributed by atoms with Crippen molar-refractivity contribution in [3.05, 3.63) is 94.3 Å². The molecular formula is C22H16N4O3S. The highest BCUT2D eigenvalue weighted by atomic mass is 32.1. The highest BCUT2D eigenvalue weighted by Gasteiger charge is 2.18. The number of thiazole rings is 1. The van der Waals surface area contributed by atoms with Gasteiger partial charge in [0.05, 0.1) is 21.1 Å². The van der Waals surface area contributed by atoms with Crippen molar-refractivity contribution in [3.8, 4) is 21.7 Å². The van der Waals surface area contributed by atoms with E-state index in [-0.39, 0.29) is 11.6 Å². The van der Waals surface area contributed by atoms with Crippen LogP contribution in [0.15, 0.2) is 73.1 Å². The number of carbonyl (C=O) groups excluding carboxylic acids is 1. The third kappa shape index (κ3) is 4.08. The quantitative estimate of drug-likeness (QED) is 0.350. The molecule has 2 heterocycles. The summed E-state index contributed by atoms with van der Waals surface area (Å²) in [5.74, 6) is -0.303. The number of nitro groups is 1. The van der Waals surface area contributed by atoms with Crippen molar-refractivity contribution in [2.75, 3.05) is 5.32 Å². The van der Waals surface area contributed by atoms with Gasteiger partial charge in [-0.15, -0.1) is 0 Å². The minimum Gasteiger partial charge on any atom is -0.298 e. The van der Waals surface area contributed by atoms with E-state index in [0.717, 1.165) is 21.6 Å². The van der Waals surface area contributed by atoms with Gasteiger partial charge in [-0.1, -0.05) is 41.2 Å². The van der Waals surface area contributed by atoms with Gasteiger partial charge in [-0.05, 0) is 36.8 Å². The zero-order chi connectivity index (χ0) is 21.1. The van der Waals surface area contributed by atoms with E-state index in [1.807, 2.05) is 31.2 Å². The van der Waals surface area contributed by atoms with Crippen LogP contribution in [0.2, 0.25) is 0 Å². The van der Waals surface area contributed by atoms with Gasteiger partial charge < -0.3 is 0 Å². The first-order chi connectivity index (χ1) is 14.5. The molecular weight excluding hydrogens is 400 g/mol. The van der Waals surface area contributed by atoms with E-state index in [4.69, 9.17) is 0 Å². The molecule has 2 aromatic heterocycles. The van der Waals surface area contributed by atoms with Gasteiger partial charge in [0.25, 0.3) is 11.6 Å². The molecule has 0 aliphatic carbocycles. The number of hydrogen-bond donors (Lipinski definition) is 1. The normalized spacial score (nSPS) is 10.6. The van der Waals surface area contributed by atoms with Gasteiger partial charge in [0, 0.05) is 30.1 Å². The SMILES string of the molecule is Cc1ccc(-c2sc(NC(=O)c3cccnc3)nc2-c2ccc([N+](=O)[O-])cc2)cc1. The number of nitrogens with one attached hydrogen (secondary N) is 1. The molecule has 30 heavy (non-hydrogen) atoms. The molecule has 0 bridgehead atoms. The lowest BCUT2D eigenvalue weighted by molar-refractivity contribution is -0.384. The zero-order valence-electron chi connectivity index (χ0n) is 15.9. The van der Waals surface area contributed by atoms with E-state index >= 15 is 0 Å². The Balaban J connectivity index is 1.74. The van der Waals surface area contributed by atoms with Crippen molar-refractivity contribution in [1.82, 2.24) is 9.97 Å². The van der Waals surface area contributed by atoms with Gasteiger partial charge in [0.1, 0.15) is 0 Å². The fourth-order valence-electron chi connectivity index (χ4n) is 2.88. The number of pyridine rings is 1. The number of anilines is 1. The van der Waals surface area contributed by atoms with Gasteiger partial charge in [0.15, 0.2) is 5.13 Å². The van der Waals surface area contributed by atoms with E-state index in [0.29, 0.717) is 16.4 Å². The number of aryl methyl sites for hydroxylation is 1. The summed E-state index contributed by atoms with van der Waals surface area (Å²) in [7, 11) is 0. The van der Waals surface area contributed by atoms with Gasteiger partial charge >= 0.3 is 0 Å². The van der Waals surface area contributed by atoms with Crippen LogP contribution in [0.4, 0.5) is 10.8 Å². The fraction of sp³-hybridized carbons (Fsp3) is 0.0455. The standard InChI is InChI=1S/C22H16N4O3S/c1-14-4-6-16(7-5-14)20-19(15-8-10-18(11-9-15)26(28)29)24-22(30-20)25-21(27)17-3-2-12-23-13-17/h2-13H,1H3,(H,24,25,27). The molecule has 148 valence electrons. The average molecular weight is 416 g/mol. The van der Waals surface area contributed by atoms with Crippen molar-refractivity contribution in [2.45, 2.75) is 6.92 Å². The summed E-state index contributed by atoms with van der Waals surface area (Å²) in [5, 5.41) is 14.2. The molecule has 8 heteroatoms. The lowest BCUT2D eigenvalue weighted by Crippen LogP contribution is -2.11. The van der Waals surface area contributed by atoms with Gasteiger partial charge in [-0.3, -0.25) is 25.2 Å². The molecule has 2 aromatic carbocycles. The molecule has 0 fully saturated rings. The maximum atomic E-state index is 12.5. The van der Waals surface area contributed by atoms with Crippen LogP contribution in [0.1, 0.15) is 15.9 Å². The number of amides is 1. The number of aromatic nitrogens is 2. The maximum Gasteiger partial charge on any atom is 0.269 e. The second kappa shape index (κ2) is 8.22. The van der Waals surface area contributed by atoms with Crippen LogP contribution in [0.5, 0.6) is 0 Å². The van der Waals surface area contributed by atoms with E-state index in [2.05, 4.69) is 15.3 Å². The highest BCUT2D eigenvalue weighted by Crippen LogP contribution is 2.39. The van der Waals surface area contributed by atoms with E-state index < -0.39 is 4.92 Å². The molecule has 0 atom stereocenters. The number of carbonyl (C=O) groups is 1. The van der Waals surface area contributed by atoms with Crippen molar-refractivity contribution in [3.63, 3.8) is 0 Å². The van der Waals surface area contributed by atoms with Crippen LogP contribution in [-0.2, 0) is 0 Å². The van der Waals surface area contributed by atoms with Gasteiger partial charge in [-0.2, -0.15) is 0 Å². The van der Waals surface area contributed by atoms with Crippen LogP contribution in [0.3, 0.4) is 0 Å². The van der Waals surface area contributed by atoms with Crippen molar-refractivity contribution in [1.29, 1.82) is 0 Å². The number of nitro benzene ring substituents is 1. The molecule has 4 aromatic rings. The van der Waals surface area contributed by atoms with Crippen LogP contribution < -0.4 is 5.32 Å². The summed E-state index contributed by atoms with van der Waals surface area (Å²) in [6, 6.07) is 17.6. The summed E-state index contributed by atoms with van der Waals surface area (Å²) < 4.78 is 0. The Morgan fingerprint density at radius 2 is 1.73 bits per heavy atom. The Hall–Kier alpha value is -3.91. The van der Waals surface area contributed by atoms with Crippen LogP contribution in [0, 0.1) is 17.0 Å². The molecule has 0 aliphatic rings. The predicted octanol–water partition coefficient (Wildman–Crippen LogP) is 5.34. The minimum absolute atomic E-state index is 0.0102. The second-order valence-corrected chi connectivity index (χ2v) is 7.56. The predicted molar refractivity (Wildman–Crippen MR) is 117 cm³/mol. The van der Waals surface area contributed by atoms with Gasteiger partial charge in [0.2, 0.25) is 0 Å². The first-order valence-corrected chi connectivity index (χ1v) is 9.87. The van der Waals surface area contributed by atoms with Crippen molar-refractivity contribution in [2.24, 2.45) is 0 Å². The number of rotatable bonds is 5. The molecule has 0 aliphatic heterocycles. The largest absolute Gasteiger partial charge is 0.298 e. The molecule has 0 saturated carbocycles. The van der Waals surface area contributed by atoms with Crippen LogP contribution >= 0.6 is 11.3 Å². The van der Waals surface area contributed by atoms with E-state index in [9.17, 15) is 14.9 Å². The van der Waals surface area contributed by atoms with Crippen LogP contribution in [-0.4, -0.2) is 20.8 Å². The monoisotopic (exact) mass is 416 g/mol. The van der Waals surface area contributed by atoms with Gasteiger partial charge in [-0.25, -0.2) is 4.98 Å². The lowest BCUT2D eigenvalue weighted by Gasteiger charge is -2.03. The Labute approximate surface area is 176 Å². The van der Waals surface area contributed by atoms with E-state index in [1.165, 1.54) is 29.7 Å². The average Bonchev–Trinajstić information content (AvgIpc) is 3.18. The third-order valence-corrected chi connectivity index (χ3v) is 5.46. The third-order valence-electron chi connectivity index (χ3n) is 4.44. The molecule has 1 amide bonds. The fourth-order valence-corrected chi connectivity index (χ4v) is 3.87. The zero-order valence-corrected chi connectivity index (χ0v) is 16.7. The van der Waals surface area contributed by atoms with E-state index in [1.54, 1.807) is 30.5 Å². The molecule has 0 unspecified atom stereocenters. The summed E-state index contributed by atoms with van der Waals surface area (Å²) in [6.07, 6.45) is 3.09. The molecule has 4 rings (SSSR count). The smallest absolute Gasteiger partial charge is 0.269 e. The van der Waals surface area contributed by atoms with Crippen molar-refractivity contribution >= 4 is 28.1 Å². The Bertz CT molecular complexity index is 1200. The molecule has 0 radical (unpaired) electrons. The van der Waals surface area contributed by atoms with Crippen LogP contribution in [0.25, 0.3) is 21.7 Å².